The van der Waals surface area contributed by atoms with Crippen LogP contribution < -0.4 is 10.2 Å². The van der Waals surface area contributed by atoms with Crippen molar-refractivity contribution in [2.24, 2.45) is 0 Å². The average Bonchev–Trinajstić information content (AvgIpc) is 3.49. The van der Waals surface area contributed by atoms with Crippen molar-refractivity contribution in [1.29, 1.82) is 0 Å². The van der Waals surface area contributed by atoms with E-state index in [0.717, 1.165) is 16.5 Å². The monoisotopic (exact) mass is 416 g/mol. The molecule has 0 amide bonds. The van der Waals surface area contributed by atoms with E-state index >= 15 is 0 Å². The number of rotatable bonds is 4. The van der Waals surface area contributed by atoms with Gasteiger partial charge in [-0.2, -0.15) is 0 Å². The summed E-state index contributed by atoms with van der Waals surface area (Å²) in [6.45, 7) is 4.32. The molecule has 3 heterocycles. The van der Waals surface area contributed by atoms with Gasteiger partial charge < -0.3 is 14.8 Å². The Morgan fingerprint density at radius 3 is 2.57 bits per heavy atom. The third-order valence-electron chi connectivity index (χ3n) is 6.70. The lowest BCUT2D eigenvalue weighted by Gasteiger charge is -2.30. The van der Waals surface area contributed by atoms with E-state index in [1.807, 2.05) is 12.3 Å². The van der Waals surface area contributed by atoms with Crippen molar-refractivity contribution in [1.82, 2.24) is 14.9 Å². The lowest BCUT2D eigenvalue weighted by atomic mass is 9.99. The molecule has 3 aromatic rings. The number of anilines is 1. The van der Waals surface area contributed by atoms with Crippen LogP contribution in [-0.2, 0) is 0 Å². The van der Waals surface area contributed by atoms with Crippen molar-refractivity contribution < 1.29 is 0 Å². The molecule has 1 N–H and O–H groups in total. The summed E-state index contributed by atoms with van der Waals surface area (Å²) in [5.41, 5.74) is 6.04. The third kappa shape index (κ3) is 3.31. The summed E-state index contributed by atoms with van der Waals surface area (Å²) in [7, 11) is 0. The van der Waals surface area contributed by atoms with E-state index < -0.39 is 0 Å². The van der Waals surface area contributed by atoms with Gasteiger partial charge in [0.2, 0.25) is 0 Å². The van der Waals surface area contributed by atoms with Crippen LogP contribution in [0.2, 0.25) is 0 Å². The van der Waals surface area contributed by atoms with E-state index in [4.69, 9.17) is 12.2 Å². The minimum atomic E-state index is 0.00959. The molecule has 1 aliphatic carbocycles. The van der Waals surface area contributed by atoms with E-state index in [-0.39, 0.29) is 12.1 Å². The van der Waals surface area contributed by atoms with Crippen LogP contribution in [0, 0.1) is 13.8 Å². The first-order valence-electron chi connectivity index (χ1n) is 10.9. The molecule has 2 aliphatic rings. The second-order valence-corrected chi connectivity index (χ2v) is 8.93. The number of aryl methyl sites for hydroxylation is 2. The number of aromatic nitrogens is 2. The van der Waals surface area contributed by atoms with E-state index in [1.54, 1.807) is 0 Å². The highest BCUT2D eigenvalue weighted by molar-refractivity contribution is 7.80. The van der Waals surface area contributed by atoms with Gasteiger partial charge in [0.05, 0.1) is 11.7 Å². The smallest absolute Gasteiger partial charge is 0.174 e. The van der Waals surface area contributed by atoms with Crippen molar-refractivity contribution in [2.45, 2.75) is 57.7 Å². The van der Waals surface area contributed by atoms with E-state index in [1.165, 1.54) is 42.5 Å². The molecule has 154 valence electrons. The number of nitrogens with one attached hydrogen (secondary N) is 1. The SMILES string of the molecule is Cc1ccc(N2C(=S)N[C@H](c3ccccn3)[C@H]2c2cccn2C2CCCC2)cc1C. The highest BCUT2D eigenvalue weighted by atomic mass is 32.1. The first-order valence-corrected chi connectivity index (χ1v) is 11.3. The van der Waals surface area contributed by atoms with Gasteiger partial charge in [-0.1, -0.05) is 25.0 Å². The van der Waals surface area contributed by atoms with Gasteiger partial charge in [-0.25, -0.2) is 0 Å². The molecule has 5 heteroatoms. The normalized spacial score (nSPS) is 21.9. The summed E-state index contributed by atoms with van der Waals surface area (Å²) in [5.74, 6) is 0. The fraction of sp³-hybridized carbons (Fsp3) is 0.360. The number of pyridine rings is 1. The Kier molecular flexibility index (Phi) is 5.07. The van der Waals surface area contributed by atoms with Crippen LogP contribution in [0.15, 0.2) is 60.9 Å². The van der Waals surface area contributed by atoms with E-state index in [0.29, 0.717) is 6.04 Å². The second kappa shape index (κ2) is 7.88. The van der Waals surface area contributed by atoms with E-state index in [2.05, 4.69) is 82.3 Å². The molecule has 2 fully saturated rings. The zero-order valence-electron chi connectivity index (χ0n) is 17.6. The number of thiocarbonyl (C=S) groups is 1. The molecule has 1 aliphatic heterocycles. The lowest BCUT2D eigenvalue weighted by molar-refractivity contribution is 0.461. The van der Waals surface area contributed by atoms with Gasteiger partial charge in [0.15, 0.2) is 5.11 Å². The Labute approximate surface area is 183 Å². The summed E-state index contributed by atoms with van der Waals surface area (Å²) < 4.78 is 2.50. The molecule has 5 rings (SSSR count). The molecule has 0 radical (unpaired) electrons. The molecule has 2 aromatic heterocycles. The van der Waals surface area contributed by atoms with Crippen LogP contribution in [-0.4, -0.2) is 14.7 Å². The summed E-state index contributed by atoms with van der Waals surface area (Å²) >= 11 is 5.88. The number of nitrogens with zero attached hydrogens (tertiary/aromatic N) is 3. The molecule has 0 unspecified atom stereocenters. The Hall–Kier alpha value is -2.66. The molecule has 30 heavy (non-hydrogen) atoms. The Morgan fingerprint density at radius 2 is 1.83 bits per heavy atom. The predicted molar refractivity (Wildman–Crippen MR) is 126 cm³/mol. The average molecular weight is 417 g/mol. The fourth-order valence-electron chi connectivity index (χ4n) is 4.98. The van der Waals surface area contributed by atoms with Crippen LogP contribution >= 0.6 is 12.2 Å². The quantitative estimate of drug-likeness (QED) is 0.546. The number of hydrogen-bond donors (Lipinski definition) is 1. The largest absolute Gasteiger partial charge is 0.351 e. The maximum Gasteiger partial charge on any atom is 0.174 e. The predicted octanol–water partition coefficient (Wildman–Crippen LogP) is 5.79. The molecule has 4 nitrogen and oxygen atoms in total. The molecule has 1 aromatic carbocycles. The summed E-state index contributed by atoms with van der Waals surface area (Å²) in [4.78, 5) is 6.98. The zero-order chi connectivity index (χ0) is 20.7. The van der Waals surface area contributed by atoms with Gasteiger partial charge in [-0.15, -0.1) is 0 Å². The minimum absolute atomic E-state index is 0.00959. The van der Waals surface area contributed by atoms with Crippen molar-refractivity contribution in [3.8, 4) is 0 Å². The fourth-order valence-corrected chi connectivity index (χ4v) is 5.33. The highest BCUT2D eigenvalue weighted by Gasteiger charge is 2.42. The third-order valence-corrected chi connectivity index (χ3v) is 7.01. The molecule has 1 saturated carbocycles. The Bertz CT molecular complexity index is 1050. The first kappa shape index (κ1) is 19.3. The van der Waals surface area contributed by atoms with Gasteiger partial charge in [0.1, 0.15) is 6.04 Å². The van der Waals surface area contributed by atoms with Crippen molar-refractivity contribution in [3.63, 3.8) is 0 Å². The minimum Gasteiger partial charge on any atom is -0.351 e. The van der Waals surface area contributed by atoms with Crippen LogP contribution in [0.1, 0.15) is 66.3 Å². The van der Waals surface area contributed by atoms with E-state index in [9.17, 15) is 0 Å². The van der Waals surface area contributed by atoms with Crippen LogP contribution in [0.25, 0.3) is 0 Å². The molecule has 1 saturated heterocycles. The first-order chi connectivity index (χ1) is 14.6. The molecular formula is C25H28N4S. The Morgan fingerprint density at radius 1 is 1.00 bits per heavy atom. The zero-order valence-corrected chi connectivity index (χ0v) is 18.4. The van der Waals surface area contributed by atoms with Gasteiger partial charge in [0, 0.05) is 29.8 Å². The summed E-state index contributed by atoms with van der Waals surface area (Å²) in [6, 6.07) is 17.8. The topological polar surface area (TPSA) is 33.1 Å². The standard InChI is InChI=1S/C25H28N4S/c1-17-12-13-20(16-18(17)2)29-24(22-11-7-15-28(22)19-8-3-4-9-19)23(27-25(29)30)21-10-5-6-14-26-21/h5-7,10-16,19,23-24H,3-4,8-9H2,1-2H3,(H,27,30)/t23-,24-/m1/s1. The van der Waals surface area contributed by atoms with Crippen LogP contribution in [0.4, 0.5) is 5.69 Å². The van der Waals surface area contributed by atoms with Gasteiger partial charge in [-0.3, -0.25) is 4.98 Å². The van der Waals surface area contributed by atoms with Gasteiger partial charge in [0.25, 0.3) is 0 Å². The highest BCUT2D eigenvalue weighted by Crippen LogP contribution is 2.43. The molecule has 0 spiro atoms. The molecular weight excluding hydrogens is 388 g/mol. The number of benzene rings is 1. The van der Waals surface area contributed by atoms with Crippen molar-refractivity contribution in [2.75, 3.05) is 4.90 Å². The summed E-state index contributed by atoms with van der Waals surface area (Å²) in [5, 5.41) is 4.35. The van der Waals surface area contributed by atoms with Crippen molar-refractivity contribution in [3.05, 3.63) is 83.4 Å². The molecule has 2 atom stereocenters. The number of hydrogen-bond acceptors (Lipinski definition) is 2. The lowest BCUT2D eigenvalue weighted by Crippen LogP contribution is -2.30. The maximum absolute atomic E-state index is 5.88. The second-order valence-electron chi connectivity index (χ2n) is 8.54. The van der Waals surface area contributed by atoms with Crippen molar-refractivity contribution >= 4 is 23.0 Å². The Balaban J connectivity index is 1.63. The van der Waals surface area contributed by atoms with Crippen LogP contribution in [0.3, 0.4) is 0 Å². The molecule has 0 bridgehead atoms. The van der Waals surface area contributed by atoms with Gasteiger partial charge >= 0.3 is 0 Å². The summed E-state index contributed by atoms with van der Waals surface area (Å²) in [6.07, 6.45) is 9.25. The van der Waals surface area contributed by atoms with Gasteiger partial charge in [-0.05, 0) is 86.4 Å². The van der Waals surface area contributed by atoms with Crippen LogP contribution in [0.5, 0.6) is 0 Å². The maximum atomic E-state index is 5.88.